The highest BCUT2D eigenvalue weighted by Crippen LogP contribution is 2.27. The summed E-state index contributed by atoms with van der Waals surface area (Å²) in [6.07, 6.45) is 3.15. The van der Waals surface area contributed by atoms with Crippen molar-refractivity contribution in [1.82, 2.24) is 4.98 Å². The molecule has 0 atom stereocenters. The van der Waals surface area contributed by atoms with Crippen LogP contribution in [0.4, 0.5) is 0 Å². The fourth-order valence-corrected chi connectivity index (χ4v) is 2.17. The summed E-state index contributed by atoms with van der Waals surface area (Å²) in [6, 6.07) is 1.83. The van der Waals surface area contributed by atoms with Crippen molar-refractivity contribution in [2.75, 3.05) is 0 Å². The molecule has 0 aliphatic heterocycles. The fraction of sp³-hybridized carbons (Fsp3) is 0.625. The van der Waals surface area contributed by atoms with Crippen LogP contribution < -0.4 is 0 Å². The van der Waals surface area contributed by atoms with Crippen LogP contribution in [0.15, 0.2) is 12.3 Å². The van der Waals surface area contributed by atoms with Gasteiger partial charge < -0.3 is 5.11 Å². The summed E-state index contributed by atoms with van der Waals surface area (Å²) in [7, 11) is 0. The molecule has 0 saturated carbocycles. The van der Waals surface area contributed by atoms with Crippen molar-refractivity contribution >= 4 is 5.97 Å². The van der Waals surface area contributed by atoms with Gasteiger partial charge in [0.2, 0.25) is 0 Å². The summed E-state index contributed by atoms with van der Waals surface area (Å²) in [6.45, 7) is 12.6. The molecule has 1 aromatic rings. The van der Waals surface area contributed by atoms with Crippen LogP contribution in [0.3, 0.4) is 0 Å². The van der Waals surface area contributed by atoms with Crippen molar-refractivity contribution < 1.29 is 9.90 Å². The van der Waals surface area contributed by atoms with Crippen molar-refractivity contribution in [1.29, 1.82) is 0 Å². The Morgan fingerprint density at radius 1 is 1.11 bits per heavy atom. The van der Waals surface area contributed by atoms with Crippen molar-refractivity contribution in [2.45, 2.75) is 54.4 Å². The number of aromatic carboxylic acids is 1. The molecular formula is C16H25NO2. The summed E-state index contributed by atoms with van der Waals surface area (Å²) in [5.41, 5.74) is 2.06. The smallest absolute Gasteiger partial charge is 0.337 e. The van der Waals surface area contributed by atoms with E-state index in [2.05, 4.69) is 46.5 Å². The van der Waals surface area contributed by atoms with Gasteiger partial charge >= 0.3 is 5.97 Å². The highest BCUT2D eigenvalue weighted by atomic mass is 16.4. The molecule has 106 valence electrons. The van der Waals surface area contributed by atoms with Gasteiger partial charge in [-0.15, -0.1) is 0 Å². The summed E-state index contributed by atoms with van der Waals surface area (Å²) in [5, 5.41) is 9.50. The zero-order valence-electron chi connectivity index (χ0n) is 12.9. The molecule has 19 heavy (non-hydrogen) atoms. The van der Waals surface area contributed by atoms with Gasteiger partial charge in [-0.3, -0.25) is 4.98 Å². The van der Waals surface area contributed by atoms with Crippen LogP contribution in [0.2, 0.25) is 0 Å². The van der Waals surface area contributed by atoms with Crippen LogP contribution in [0, 0.1) is 10.8 Å². The Morgan fingerprint density at radius 2 is 1.63 bits per heavy atom. The van der Waals surface area contributed by atoms with Gasteiger partial charge in [-0.25, -0.2) is 4.79 Å². The Labute approximate surface area is 116 Å². The Balaban J connectivity index is 3.26. The molecule has 0 radical (unpaired) electrons. The molecule has 3 heteroatoms. The normalized spacial score (nSPS) is 12.5. The molecule has 0 fully saturated rings. The molecule has 0 amide bonds. The van der Waals surface area contributed by atoms with Crippen molar-refractivity contribution in [3.8, 4) is 0 Å². The maximum Gasteiger partial charge on any atom is 0.337 e. The third kappa shape index (κ3) is 5.01. The van der Waals surface area contributed by atoms with Gasteiger partial charge in [0.25, 0.3) is 0 Å². The van der Waals surface area contributed by atoms with Crippen molar-refractivity contribution in [2.24, 2.45) is 10.8 Å². The lowest BCUT2D eigenvalue weighted by Crippen LogP contribution is -2.19. The van der Waals surface area contributed by atoms with Crippen LogP contribution in [-0.4, -0.2) is 16.1 Å². The molecule has 1 heterocycles. The average Bonchev–Trinajstić information content (AvgIpc) is 2.11. The first-order valence-electron chi connectivity index (χ1n) is 6.70. The first kappa shape index (κ1) is 15.7. The number of hydrogen-bond acceptors (Lipinski definition) is 2. The number of rotatable bonds is 3. The van der Waals surface area contributed by atoms with E-state index < -0.39 is 5.97 Å². The molecule has 1 aromatic heterocycles. The number of pyridine rings is 1. The Bertz CT molecular complexity index is 430. The van der Waals surface area contributed by atoms with Crippen molar-refractivity contribution in [3.63, 3.8) is 0 Å². The number of hydrogen-bond donors (Lipinski definition) is 1. The largest absolute Gasteiger partial charge is 0.478 e. The van der Waals surface area contributed by atoms with E-state index in [4.69, 9.17) is 0 Å². The molecule has 0 unspecified atom stereocenters. The lowest BCUT2D eigenvalue weighted by Gasteiger charge is -2.23. The van der Waals surface area contributed by atoms with Crippen LogP contribution in [0.5, 0.6) is 0 Å². The minimum atomic E-state index is -0.869. The lowest BCUT2D eigenvalue weighted by molar-refractivity contribution is 0.0693. The molecule has 3 nitrogen and oxygen atoms in total. The standard InChI is InChI=1S/C16H25NO2/c1-15(2,3)9-11-7-8-17-12(10-16(4,5)6)13(11)14(18)19/h7-8H,9-10H2,1-6H3,(H,18,19). The predicted octanol–water partition coefficient (Wildman–Crippen LogP) is 3.96. The minimum absolute atomic E-state index is 0.0254. The van der Waals surface area contributed by atoms with Gasteiger partial charge in [0, 0.05) is 6.20 Å². The zero-order chi connectivity index (χ0) is 14.8. The fourth-order valence-electron chi connectivity index (χ4n) is 2.17. The molecule has 1 rings (SSSR count). The van der Waals surface area contributed by atoms with E-state index in [1.165, 1.54) is 0 Å². The molecular weight excluding hydrogens is 238 g/mol. The molecule has 0 saturated heterocycles. The second-order valence-electron chi connectivity index (χ2n) is 7.57. The van der Waals surface area contributed by atoms with E-state index in [0.717, 1.165) is 12.0 Å². The van der Waals surface area contributed by atoms with E-state index >= 15 is 0 Å². The average molecular weight is 263 g/mol. The maximum atomic E-state index is 11.6. The third-order valence-corrected chi connectivity index (χ3v) is 2.75. The Hall–Kier alpha value is -1.38. The molecule has 0 aromatic carbocycles. The Morgan fingerprint density at radius 3 is 2.05 bits per heavy atom. The maximum absolute atomic E-state index is 11.6. The number of aromatic nitrogens is 1. The SMILES string of the molecule is CC(C)(C)Cc1ccnc(CC(C)(C)C)c1C(=O)O. The number of carbonyl (C=O) groups is 1. The summed E-state index contributed by atoms with van der Waals surface area (Å²) in [4.78, 5) is 15.9. The molecule has 1 N–H and O–H groups in total. The van der Waals surface area contributed by atoms with Gasteiger partial charge in [0.15, 0.2) is 0 Å². The van der Waals surface area contributed by atoms with Gasteiger partial charge in [-0.1, -0.05) is 41.5 Å². The van der Waals surface area contributed by atoms with Crippen molar-refractivity contribution in [3.05, 3.63) is 29.1 Å². The van der Waals surface area contributed by atoms with Crippen LogP contribution in [0.1, 0.15) is 63.2 Å². The quantitative estimate of drug-likeness (QED) is 0.898. The molecule has 0 aliphatic rings. The van der Waals surface area contributed by atoms with E-state index in [1.54, 1.807) is 6.20 Å². The third-order valence-electron chi connectivity index (χ3n) is 2.75. The number of carboxylic acids is 1. The molecule has 0 aliphatic carbocycles. The van der Waals surface area contributed by atoms with Gasteiger partial charge in [-0.2, -0.15) is 0 Å². The zero-order valence-corrected chi connectivity index (χ0v) is 12.9. The molecule has 0 bridgehead atoms. The van der Waals surface area contributed by atoms with E-state index in [-0.39, 0.29) is 10.8 Å². The van der Waals surface area contributed by atoms with E-state index in [0.29, 0.717) is 17.7 Å². The summed E-state index contributed by atoms with van der Waals surface area (Å²) < 4.78 is 0. The van der Waals surface area contributed by atoms with E-state index in [1.807, 2.05) is 6.07 Å². The van der Waals surface area contributed by atoms with E-state index in [9.17, 15) is 9.90 Å². The second-order valence-corrected chi connectivity index (χ2v) is 7.57. The van der Waals surface area contributed by atoms with Crippen LogP contribution in [-0.2, 0) is 12.8 Å². The summed E-state index contributed by atoms with van der Waals surface area (Å²) in [5.74, 6) is -0.869. The van der Waals surface area contributed by atoms with Crippen LogP contribution in [0.25, 0.3) is 0 Å². The van der Waals surface area contributed by atoms with Gasteiger partial charge in [0.1, 0.15) is 0 Å². The number of carboxylic acid groups (broad SMARTS) is 1. The minimum Gasteiger partial charge on any atom is -0.478 e. The molecule has 0 spiro atoms. The highest BCUT2D eigenvalue weighted by Gasteiger charge is 2.23. The highest BCUT2D eigenvalue weighted by molar-refractivity contribution is 5.90. The lowest BCUT2D eigenvalue weighted by atomic mass is 9.83. The monoisotopic (exact) mass is 263 g/mol. The first-order chi connectivity index (χ1) is 8.49. The Kier molecular flexibility index (Phi) is 4.39. The summed E-state index contributed by atoms with van der Waals surface area (Å²) >= 11 is 0. The van der Waals surface area contributed by atoms with Gasteiger partial charge in [0.05, 0.1) is 11.3 Å². The number of nitrogens with zero attached hydrogens (tertiary/aromatic N) is 1. The van der Waals surface area contributed by atoms with Gasteiger partial charge in [-0.05, 0) is 35.3 Å². The predicted molar refractivity (Wildman–Crippen MR) is 77.5 cm³/mol. The topological polar surface area (TPSA) is 50.2 Å². The first-order valence-corrected chi connectivity index (χ1v) is 6.70. The second kappa shape index (κ2) is 5.32. The van der Waals surface area contributed by atoms with Crippen LogP contribution >= 0.6 is 0 Å².